The molecule has 30 heavy (non-hydrogen) atoms. The van der Waals surface area contributed by atoms with Crippen LogP contribution in [0.4, 0.5) is 5.69 Å². The molecule has 0 bridgehead atoms. The van der Waals surface area contributed by atoms with Crippen LogP contribution in [0.2, 0.25) is 0 Å². The van der Waals surface area contributed by atoms with Crippen LogP contribution in [0.3, 0.4) is 0 Å². The fourth-order valence-corrected chi connectivity index (χ4v) is 4.25. The lowest BCUT2D eigenvalue weighted by atomic mass is 9.96. The Labute approximate surface area is 179 Å². The van der Waals surface area contributed by atoms with Crippen molar-refractivity contribution in [2.24, 2.45) is 0 Å². The zero-order valence-corrected chi connectivity index (χ0v) is 17.8. The van der Waals surface area contributed by atoms with Crippen molar-refractivity contribution < 1.29 is 14.3 Å². The van der Waals surface area contributed by atoms with Crippen molar-refractivity contribution in [1.29, 1.82) is 0 Å². The maximum absolute atomic E-state index is 13.1. The first-order valence-electron chi connectivity index (χ1n) is 9.76. The molecule has 1 aliphatic rings. The number of amides is 1. The Bertz CT molecular complexity index is 1120. The molecule has 0 saturated carbocycles. The zero-order chi connectivity index (χ0) is 21.1. The summed E-state index contributed by atoms with van der Waals surface area (Å²) in [6.07, 6.45) is 2.72. The Hall–Kier alpha value is -2.90. The van der Waals surface area contributed by atoms with Crippen LogP contribution in [0.15, 0.2) is 53.4 Å². The van der Waals surface area contributed by atoms with Crippen LogP contribution in [0.1, 0.15) is 21.6 Å². The number of carbonyl (C=O) groups excluding carboxylic acids is 2. The van der Waals surface area contributed by atoms with E-state index in [1.807, 2.05) is 61.8 Å². The summed E-state index contributed by atoms with van der Waals surface area (Å²) in [5, 5.41) is 3.57. The number of anilines is 1. The van der Waals surface area contributed by atoms with Crippen molar-refractivity contribution in [3.8, 4) is 0 Å². The number of rotatable bonds is 5. The van der Waals surface area contributed by atoms with Crippen molar-refractivity contribution >= 4 is 40.2 Å². The van der Waals surface area contributed by atoms with E-state index in [0.29, 0.717) is 17.8 Å². The second-order valence-corrected chi connectivity index (χ2v) is 8.09. The van der Waals surface area contributed by atoms with Gasteiger partial charge in [0.05, 0.1) is 16.8 Å². The van der Waals surface area contributed by atoms with Crippen LogP contribution < -0.4 is 5.32 Å². The van der Waals surface area contributed by atoms with E-state index >= 15 is 0 Å². The number of nitrogens with zero attached hydrogens (tertiary/aromatic N) is 2. The molecule has 2 heterocycles. The second-order valence-electron chi connectivity index (χ2n) is 7.24. The van der Waals surface area contributed by atoms with Gasteiger partial charge in [-0.2, -0.15) is 0 Å². The molecule has 0 aliphatic carbocycles. The molecule has 1 amide bonds. The molecular weight excluding hydrogens is 398 g/mol. The van der Waals surface area contributed by atoms with Crippen molar-refractivity contribution in [1.82, 2.24) is 9.88 Å². The van der Waals surface area contributed by atoms with Gasteiger partial charge in [0.15, 0.2) is 6.61 Å². The Morgan fingerprint density at radius 2 is 1.93 bits per heavy atom. The number of carbonyl (C=O) groups is 2. The molecule has 0 spiro atoms. The molecule has 3 aromatic rings. The summed E-state index contributed by atoms with van der Waals surface area (Å²) >= 11 is 1.54. The first kappa shape index (κ1) is 20.4. The van der Waals surface area contributed by atoms with Crippen molar-refractivity contribution in [3.05, 3.63) is 65.4 Å². The molecule has 4 rings (SSSR count). The predicted octanol–water partition coefficient (Wildman–Crippen LogP) is 3.74. The molecule has 1 aliphatic heterocycles. The monoisotopic (exact) mass is 421 g/mol. The van der Waals surface area contributed by atoms with Crippen molar-refractivity contribution in [3.63, 3.8) is 0 Å². The third kappa shape index (κ3) is 4.17. The minimum Gasteiger partial charge on any atom is -0.452 e. The Morgan fingerprint density at radius 3 is 2.77 bits per heavy atom. The summed E-state index contributed by atoms with van der Waals surface area (Å²) in [6, 6.07) is 15.1. The summed E-state index contributed by atoms with van der Waals surface area (Å²) < 4.78 is 5.44. The van der Waals surface area contributed by atoms with Gasteiger partial charge in [-0.15, -0.1) is 11.8 Å². The third-order valence-corrected chi connectivity index (χ3v) is 5.95. The van der Waals surface area contributed by atoms with Gasteiger partial charge in [0.2, 0.25) is 0 Å². The quantitative estimate of drug-likeness (QED) is 0.500. The van der Waals surface area contributed by atoms with Gasteiger partial charge < -0.3 is 15.0 Å². The number of hydrogen-bond acceptors (Lipinski definition) is 6. The molecule has 0 radical (unpaired) electrons. The lowest BCUT2D eigenvalue weighted by Crippen LogP contribution is -2.30. The van der Waals surface area contributed by atoms with Crippen molar-refractivity contribution in [2.75, 3.05) is 31.8 Å². The lowest BCUT2D eigenvalue weighted by Gasteiger charge is -2.26. The number of fused-ring (bicyclic) bond motifs is 2. The largest absolute Gasteiger partial charge is 0.452 e. The predicted molar refractivity (Wildman–Crippen MR) is 119 cm³/mol. The number of esters is 1. The van der Waals surface area contributed by atoms with Crippen LogP contribution in [-0.2, 0) is 22.5 Å². The lowest BCUT2D eigenvalue weighted by molar-refractivity contribution is -0.119. The Balaban J connectivity index is 1.56. The highest BCUT2D eigenvalue weighted by molar-refractivity contribution is 7.98. The van der Waals surface area contributed by atoms with Gasteiger partial charge in [-0.25, -0.2) is 4.79 Å². The highest BCUT2D eigenvalue weighted by Crippen LogP contribution is 2.28. The zero-order valence-electron chi connectivity index (χ0n) is 17.0. The average Bonchev–Trinajstić information content (AvgIpc) is 2.76. The van der Waals surface area contributed by atoms with E-state index in [2.05, 4.69) is 10.2 Å². The highest BCUT2D eigenvalue weighted by Gasteiger charge is 2.25. The molecule has 2 aromatic carbocycles. The smallest absolute Gasteiger partial charge is 0.339 e. The van der Waals surface area contributed by atoms with E-state index in [1.54, 1.807) is 11.8 Å². The molecule has 0 atom stereocenters. The topological polar surface area (TPSA) is 71.5 Å². The first-order chi connectivity index (χ1) is 14.6. The Morgan fingerprint density at radius 1 is 1.17 bits per heavy atom. The van der Waals surface area contributed by atoms with Gasteiger partial charge in [0, 0.05) is 41.0 Å². The summed E-state index contributed by atoms with van der Waals surface area (Å²) in [5.74, 6) is -0.859. The molecule has 7 heteroatoms. The molecule has 0 unspecified atom stereocenters. The van der Waals surface area contributed by atoms with Crippen LogP contribution in [0.5, 0.6) is 0 Å². The van der Waals surface area contributed by atoms with Gasteiger partial charge in [-0.3, -0.25) is 9.78 Å². The molecule has 1 N–H and O–H groups in total. The van der Waals surface area contributed by atoms with Gasteiger partial charge in [-0.1, -0.05) is 30.3 Å². The molecule has 154 valence electrons. The highest BCUT2D eigenvalue weighted by atomic mass is 32.2. The number of thioether (sulfide) groups is 1. The molecule has 0 saturated heterocycles. The first-order valence-corrected chi connectivity index (χ1v) is 11.0. The summed E-state index contributed by atoms with van der Waals surface area (Å²) in [6.45, 7) is 1.18. The van der Waals surface area contributed by atoms with Gasteiger partial charge in [0.1, 0.15) is 0 Å². The number of pyridine rings is 1. The van der Waals surface area contributed by atoms with Crippen LogP contribution in [-0.4, -0.2) is 48.2 Å². The normalized spacial score (nSPS) is 13.7. The number of nitrogens with one attached hydrogen (secondary N) is 1. The summed E-state index contributed by atoms with van der Waals surface area (Å²) in [5.41, 5.74) is 3.81. The van der Waals surface area contributed by atoms with E-state index in [4.69, 9.17) is 9.72 Å². The number of para-hydroxylation sites is 2. The fourth-order valence-electron chi connectivity index (χ4n) is 3.70. The van der Waals surface area contributed by atoms with Gasteiger partial charge in [0.25, 0.3) is 5.91 Å². The third-order valence-electron chi connectivity index (χ3n) is 5.16. The van der Waals surface area contributed by atoms with E-state index in [9.17, 15) is 9.59 Å². The summed E-state index contributed by atoms with van der Waals surface area (Å²) in [7, 11) is 2.02. The minimum atomic E-state index is -0.492. The SMILES string of the molecule is CSc1ccccc1NC(=O)COC(=O)c1c2c(nc3ccccc13)CCN(C)C2. The maximum Gasteiger partial charge on any atom is 0.339 e. The number of benzene rings is 2. The number of ether oxygens (including phenoxy) is 1. The van der Waals surface area contributed by atoms with Crippen LogP contribution >= 0.6 is 11.8 Å². The molecule has 1 aromatic heterocycles. The van der Waals surface area contributed by atoms with Crippen LogP contribution in [0, 0.1) is 0 Å². The number of aromatic nitrogens is 1. The second kappa shape index (κ2) is 8.85. The van der Waals surface area contributed by atoms with E-state index in [-0.39, 0.29) is 12.5 Å². The number of hydrogen-bond donors (Lipinski definition) is 1. The van der Waals surface area contributed by atoms with Gasteiger partial charge >= 0.3 is 5.97 Å². The Kier molecular flexibility index (Phi) is 6.01. The van der Waals surface area contributed by atoms with E-state index in [0.717, 1.165) is 40.0 Å². The molecule has 6 nitrogen and oxygen atoms in total. The fraction of sp³-hybridized carbons (Fsp3) is 0.261. The molecule has 0 fully saturated rings. The van der Waals surface area contributed by atoms with Crippen molar-refractivity contribution in [2.45, 2.75) is 17.9 Å². The molecular formula is C23H23N3O3S. The average molecular weight is 422 g/mol. The minimum absolute atomic E-state index is 0.344. The van der Waals surface area contributed by atoms with E-state index < -0.39 is 5.97 Å². The standard InChI is InChI=1S/C23H23N3O3S/c1-26-12-11-18-16(13-26)22(15-7-3-4-8-17(15)24-18)23(28)29-14-21(27)25-19-9-5-6-10-20(19)30-2/h3-10H,11-14H2,1-2H3,(H,25,27). The van der Waals surface area contributed by atoms with E-state index in [1.165, 1.54) is 0 Å². The number of likely N-dealkylation sites (N-methyl/N-ethyl adjacent to an activating group) is 1. The van der Waals surface area contributed by atoms with Gasteiger partial charge in [-0.05, 0) is 31.5 Å². The maximum atomic E-state index is 13.1. The summed E-state index contributed by atoms with van der Waals surface area (Å²) in [4.78, 5) is 33.3. The van der Waals surface area contributed by atoms with Crippen LogP contribution in [0.25, 0.3) is 10.9 Å².